The smallest absolute Gasteiger partial charge is 0.274 e. The molecular formula is C15H22N6O. The average molecular weight is 302 g/mol. The van der Waals surface area contributed by atoms with Crippen LogP contribution in [0.15, 0.2) is 6.07 Å². The van der Waals surface area contributed by atoms with Gasteiger partial charge in [-0.2, -0.15) is 10.2 Å². The van der Waals surface area contributed by atoms with Crippen molar-refractivity contribution in [1.82, 2.24) is 29.8 Å². The van der Waals surface area contributed by atoms with Crippen LogP contribution in [-0.2, 0) is 26.6 Å². The standard InChI is InChI=1S/C15H22N6O/c1-10-7-12(17-16-10)15(22)21-6-5-11-13(8-19(2)3)18-20(4)14(11)9-21/h7H,5-6,8-9H2,1-4H3,(H,16,17). The van der Waals surface area contributed by atoms with Gasteiger partial charge in [0.25, 0.3) is 5.91 Å². The largest absolute Gasteiger partial charge is 0.331 e. The van der Waals surface area contributed by atoms with Crippen LogP contribution in [0.3, 0.4) is 0 Å². The molecule has 0 aromatic carbocycles. The Balaban J connectivity index is 1.82. The molecule has 2 aromatic rings. The molecule has 1 aliphatic heterocycles. The highest BCUT2D eigenvalue weighted by Crippen LogP contribution is 2.23. The first-order chi connectivity index (χ1) is 10.5. The average Bonchev–Trinajstić information content (AvgIpc) is 3.02. The molecule has 0 spiro atoms. The van der Waals surface area contributed by atoms with Gasteiger partial charge in [-0.3, -0.25) is 14.6 Å². The molecule has 7 nitrogen and oxygen atoms in total. The third kappa shape index (κ3) is 2.64. The maximum atomic E-state index is 12.5. The molecule has 2 aromatic heterocycles. The maximum Gasteiger partial charge on any atom is 0.274 e. The molecular weight excluding hydrogens is 280 g/mol. The first kappa shape index (κ1) is 14.8. The number of hydrogen-bond acceptors (Lipinski definition) is 4. The number of fused-ring (bicyclic) bond motifs is 1. The third-order valence-electron chi connectivity index (χ3n) is 4.01. The summed E-state index contributed by atoms with van der Waals surface area (Å²) in [6, 6.07) is 1.79. The normalized spacial score (nSPS) is 14.5. The lowest BCUT2D eigenvalue weighted by Crippen LogP contribution is -2.37. The van der Waals surface area contributed by atoms with Crippen LogP contribution < -0.4 is 0 Å². The van der Waals surface area contributed by atoms with Crippen LogP contribution in [0.25, 0.3) is 0 Å². The Hall–Kier alpha value is -2.15. The van der Waals surface area contributed by atoms with Crippen LogP contribution in [0.1, 0.15) is 33.1 Å². The summed E-state index contributed by atoms with van der Waals surface area (Å²) >= 11 is 0. The second-order valence-corrected chi connectivity index (χ2v) is 6.15. The molecule has 3 heterocycles. The zero-order valence-electron chi connectivity index (χ0n) is 13.6. The Morgan fingerprint density at radius 2 is 2.23 bits per heavy atom. The molecule has 0 atom stereocenters. The molecule has 1 aliphatic rings. The van der Waals surface area contributed by atoms with Gasteiger partial charge in [-0.25, -0.2) is 0 Å². The van der Waals surface area contributed by atoms with E-state index in [0.29, 0.717) is 18.8 Å². The molecule has 1 amide bonds. The van der Waals surface area contributed by atoms with Crippen LogP contribution in [-0.4, -0.2) is 56.3 Å². The summed E-state index contributed by atoms with van der Waals surface area (Å²) in [4.78, 5) is 16.5. The van der Waals surface area contributed by atoms with Crippen molar-refractivity contribution in [3.63, 3.8) is 0 Å². The summed E-state index contributed by atoms with van der Waals surface area (Å²) < 4.78 is 1.91. The number of carbonyl (C=O) groups is 1. The predicted molar refractivity (Wildman–Crippen MR) is 82.4 cm³/mol. The van der Waals surface area contributed by atoms with E-state index in [-0.39, 0.29) is 5.91 Å². The third-order valence-corrected chi connectivity index (χ3v) is 4.01. The monoisotopic (exact) mass is 302 g/mol. The van der Waals surface area contributed by atoms with Crippen LogP contribution in [0.5, 0.6) is 0 Å². The molecule has 1 N–H and O–H groups in total. The van der Waals surface area contributed by atoms with Crippen molar-refractivity contribution in [2.45, 2.75) is 26.4 Å². The fraction of sp³-hybridized carbons (Fsp3) is 0.533. The molecule has 0 unspecified atom stereocenters. The van der Waals surface area contributed by atoms with Gasteiger partial charge in [-0.05, 0) is 33.5 Å². The first-order valence-electron chi connectivity index (χ1n) is 7.45. The van der Waals surface area contributed by atoms with E-state index in [4.69, 9.17) is 0 Å². The van der Waals surface area contributed by atoms with E-state index in [1.54, 1.807) is 6.07 Å². The molecule has 0 saturated carbocycles. The highest BCUT2D eigenvalue weighted by molar-refractivity contribution is 5.92. The molecule has 118 valence electrons. The molecule has 7 heteroatoms. The fourth-order valence-corrected chi connectivity index (χ4v) is 2.95. The van der Waals surface area contributed by atoms with Gasteiger partial charge < -0.3 is 9.80 Å². The number of nitrogens with zero attached hydrogens (tertiary/aromatic N) is 5. The predicted octanol–water partition coefficient (Wildman–Crippen LogP) is 0.712. The zero-order valence-corrected chi connectivity index (χ0v) is 13.6. The number of carbonyl (C=O) groups excluding carboxylic acids is 1. The van der Waals surface area contributed by atoms with Gasteiger partial charge in [0.15, 0.2) is 0 Å². The van der Waals surface area contributed by atoms with Gasteiger partial charge in [0.2, 0.25) is 0 Å². The van der Waals surface area contributed by atoms with Gasteiger partial charge in [-0.15, -0.1) is 0 Å². The van der Waals surface area contributed by atoms with Gasteiger partial charge >= 0.3 is 0 Å². The second-order valence-electron chi connectivity index (χ2n) is 6.15. The van der Waals surface area contributed by atoms with Gasteiger partial charge in [0, 0.05) is 31.4 Å². The quantitative estimate of drug-likeness (QED) is 0.906. The van der Waals surface area contributed by atoms with Crippen LogP contribution in [0.2, 0.25) is 0 Å². The van der Waals surface area contributed by atoms with Crippen molar-refractivity contribution >= 4 is 5.91 Å². The Bertz CT molecular complexity index is 699. The number of aromatic amines is 1. The number of amides is 1. The SMILES string of the molecule is Cc1cc(C(=O)N2CCc3c(CN(C)C)nn(C)c3C2)n[nH]1. The highest BCUT2D eigenvalue weighted by Gasteiger charge is 2.28. The lowest BCUT2D eigenvalue weighted by Gasteiger charge is -2.27. The molecule has 22 heavy (non-hydrogen) atoms. The number of aryl methyl sites for hydroxylation is 2. The van der Waals surface area contributed by atoms with Crippen molar-refractivity contribution < 1.29 is 4.79 Å². The van der Waals surface area contributed by atoms with E-state index in [1.165, 1.54) is 5.56 Å². The number of hydrogen-bond donors (Lipinski definition) is 1. The molecule has 0 fully saturated rings. The number of aromatic nitrogens is 4. The van der Waals surface area contributed by atoms with E-state index in [2.05, 4.69) is 20.2 Å². The Morgan fingerprint density at radius 1 is 1.45 bits per heavy atom. The summed E-state index contributed by atoms with van der Waals surface area (Å²) in [6.45, 7) is 4.03. The maximum absolute atomic E-state index is 12.5. The Labute approximate surface area is 129 Å². The lowest BCUT2D eigenvalue weighted by molar-refractivity contribution is 0.0724. The van der Waals surface area contributed by atoms with Gasteiger partial charge in [-0.1, -0.05) is 0 Å². The number of rotatable bonds is 3. The summed E-state index contributed by atoms with van der Waals surface area (Å²) in [6.07, 6.45) is 0.849. The molecule has 0 radical (unpaired) electrons. The van der Waals surface area contributed by atoms with Crippen molar-refractivity contribution in [3.8, 4) is 0 Å². The number of H-pyrrole nitrogens is 1. The minimum atomic E-state index is -0.0228. The topological polar surface area (TPSA) is 70.1 Å². The molecule has 3 rings (SSSR count). The zero-order chi connectivity index (χ0) is 15.9. The highest BCUT2D eigenvalue weighted by atomic mass is 16.2. The summed E-state index contributed by atoms with van der Waals surface area (Å²) in [5, 5.41) is 11.5. The van der Waals surface area contributed by atoms with Crippen molar-refractivity contribution in [2.24, 2.45) is 7.05 Å². The van der Waals surface area contributed by atoms with Gasteiger partial charge in [0.05, 0.1) is 17.9 Å². The fourth-order valence-electron chi connectivity index (χ4n) is 2.95. The first-order valence-corrected chi connectivity index (χ1v) is 7.45. The molecule has 0 bridgehead atoms. The van der Waals surface area contributed by atoms with E-state index in [9.17, 15) is 4.79 Å². The van der Waals surface area contributed by atoms with Crippen molar-refractivity contribution in [3.05, 3.63) is 34.4 Å². The van der Waals surface area contributed by atoms with Crippen LogP contribution in [0, 0.1) is 6.92 Å². The van der Waals surface area contributed by atoms with Crippen LogP contribution in [0.4, 0.5) is 0 Å². The number of nitrogens with one attached hydrogen (secondary N) is 1. The van der Waals surface area contributed by atoms with Crippen molar-refractivity contribution in [2.75, 3.05) is 20.6 Å². The minimum Gasteiger partial charge on any atom is -0.331 e. The van der Waals surface area contributed by atoms with Crippen molar-refractivity contribution in [1.29, 1.82) is 0 Å². The van der Waals surface area contributed by atoms with Gasteiger partial charge in [0.1, 0.15) is 5.69 Å². The van der Waals surface area contributed by atoms with Crippen LogP contribution >= 0.6 is 0 Å². The molecule has 0 aliphatic carbocycles. The summed E-state index contributed by atoms with van der Waals surface area (Å²) in [7, 11) is 6.03. The second kappa shape index (κ2) is 5.57. The Morgan fingerprint density at radius 3 is 2.86 bits per heavy atom. The minimum absolute atomic E-state index is 0.0228. The lowest BCUT2D eigenvalue weighted by atomic mass is 10.0. The van der Waals surface area contributed by atoms with E-state index >= 15 is 0 Å². The van der Waals surface area contributed by atoms with E-state index < -0.39 is 0 Å². The molecule has 0 saturated heterocycles. The van der Waals surface area contributed by atoms with E-state index in [1.807, 2.05) is 37.6 Å². The summed E-state index contributed by atoms with van der Waals surface area (Å²) in [5.41, 5.74) is 4.92. The summed E-state index contributed by atoms with van der Waals surface area (Å²) in [5.74, 6) is -0.0228. The Kier molecular flexibility index (Phi) is 3.74. The van der Waals surface area contributed by atoms with E-state index in [0.717, 1.165) is 30.0 Å².